The Labute approximate surface area is 154 Å². The van der Waals surface area contributed by atoms with E-state index in [1.54, 1.807) is 0 Å². The van der Waals surface area contributed by atoms with Gasteiger partial charge in [0.05, 0.1) is 0 Å². The van der Waals surface area contributed by atoms with Gasteiger partial charge in [-0.1, -0.05) is 49.4 Å². The first-order valence-electron chi connectivity index (χ1n) is 9.52. The van der Waals surface area contributed by atoms with Gasteiger partial charge in [0.25, 0.3) is 5.91 Å². The van der Waals surface area contributed by atoms with E-state index >= 15 is 0 Å². The molecule has 3 fully saturated rings. The predicted octanol–water partition coefficient (Wildman–Crippen LogP) is 3.94. The van der Waals surface area contributed by atoms with Crippen molar-refractivity contribution in [3.63, 3.8) is 0 Å². The largest absolute Gasteiger partial charge is 0.328 e. The zero-order chi connectivity index (χ0) is 17.4. The highest BCUT2D eigenvalue weighted by molar-refractivity contribution is 6.30. The molecule has 1 aromatic carbocycles. The molecule has 0 aromatic heterocycles. The third-order valence-corrected chi connectivity index (χ3v) is 6.03. The molecule has 3 aliphatic rings. The van der Waals surface area contributed by atoms with Crippen molar-refractivity contribution in [2.24, 2.45) is 0 Å². The molecule has 1 atom stereocenters. The lowest BCUT2D eigenvalue weighted by atomic mass is 9.97. The summed E-state index contributed by atoms with van der Waals surface area (Å²) in [6.45, 7) is 0.254. The van der Waals surface area contributed by atoms with E-state index in [1.807, 2.05) is 34.1 Å². The molecule has 2 aliphatic carbocycles. The molecule has 2 amide bonds. The van der Waals surface area contributed by atoms with Crippen molar-refractivity contribution in [3.8, 4) is 0 Å². The number of amides is 2. The van der Waals surface area contributed by atoms with Crippen LogP contribution in [-0.2, 0) is 9.59 Å². The van der Waals surface area contributed by atoms with Gasteiger partial charge in [-0.15, -0.1) is 0 Å². The number of nitrogens with zero attached hydrogens (tertiary/aromatic N) is 2. The van der Waals surface area contributed by atoms with Crippen molar-refractivity contribution in [2.45, 2.75) is 69.5 Å². The van der Waals surface area contributed by atoms with Crippen LogP contribution in [0.4, 0.5) is 0 Å². The first-order valence-corrected chi connectivity index (χ1v) is 9.90. The highest BCUT2D eigenvalue weighted by atomic mass is 35.5. The molecule has 25 heavy (non-hydrogen) atoms. The van der Waals surface area contributed by atoms with Gasteiger partial charge >= 0.3 is 0 Å². The van der Waals surface area contributed by atoms with Gasteiger partial charge in [0.15, 0.2) is 0 Å². The molecule has 1 heterocycles. The van der Waals surface area contributed by atoms with Crippen molar-refractivity contribution >= 4 is 23.4 Å². The van der Waals surface area contributed by atoms with Gasteiger partial charge in [0.2, 0.25) is 5.91 Å². The molecule has 0 bridgehead atoms. The van der Waals surface area contributed by atoms with Crippen molar-refractivity contribution < 1.29 is 9.59 Å². The van der Waals surface area contributed by atoms with E-state index in [4.69, 9.17) is 11.6 Å². The van der Waals surface area contributed by atoms with E-state index in [2.05, 4.69) is 0 Å². The third-order valence-electron chi connectivity index (χ3n) is 5.78. The fourth-order valence-corrected chi connectivity index (χ4v) is 4.45. The second-order valence-electron chi connectivity index (χ2n) is 7.60. The molecule has 0 spiro atoms. The quantitative estimate of drug-likeness (QED) is 0.766. The summed E-state index contributed by atoms with van der Waals surface area (Å²) in [7, 11) is 0. The molecule has 134 valence electrons. The summed E-state index contributed by atoms with van der Waals surface area (Å²) >= 11 is 6.02. The van der Waals surface area contributed by atoms with Crippen LogP contribution in [0.5, 0.6) is 0 Å². The monoisotopic (exact) mass is 360 g/mol. The predicted molar refractivity (Wildman–Crippen MR) is 97.3 cm³/mol. The van der Waals surface area contributed by atoms with Crippen LogP contribution in [-0.4, -0.2) is 40.2 Å². The highest BCUT2D eigenvalue weighted by Crippen LogP contribution is 2.39. The van der Waals surface area contributed by atoms with Crippen LogP contribution in [0.2, 0.25) is 5.02 Å². The molecule has 0 radical (unpaired) electrons. The van der Waals surface area contributed by atoms with Gasteiger partial charge in [0, 0.05) is 17.1 Å². The van der Waals surface area contributed by atoms with E-state index in [9.17, 15) is 9.59 Å². The Bertz CT molecular complexity index is 648. The molecule has 4 rings (SSSR count). The van der Waals surface area contributed by atoms with Crippen LogP contribution in [0.15, 0.2) is 24.3 Å². The maximum absolute atomic E-state index is 13.4. The third kappa shape index (κ3) is 3.41. The molecule has 1 aliphatic heterocycles. The number of halogens is 1. The summed E-state index contributed by atoms with van der Waals surface area (Å²) in [6, 6.07) is 7.38. The summed E-state index contributed by atoms with van der Waals surface area (Å²) in [6.07, 6.45) is 8.84. The Morgan fingerprint density at radius 1 is 0.840 bits per heavy atom. The van der Waals surface area contributed by atoms with Crippen LogP contribution in [0.25, 0.3) is 0 Å². The lowest BCUT2D eigenvalue weighted by molar-refractivity contribution is -0.159. The SMILES string of the molecule is O=C1C(c2ccc(Cl)cc2)N(C2CC2)C(=O)CN1C1CCCCCC1. The topological polar surface area (TPSA) is 40.6 Å². The fraction of sp³-hybridized carbons (Fsp3) is 0.600. The van der Waals surface area contributed by atoms with Crippen molar-refractivity contribution in [2.75, 3.05) is 6.54 Å². The highest BCUT2D eigenvalue weighted by Gasteiger charge is 2.48. The molecule has 4 nitrogen and oxygen atoms in total. The summed E-state index contributed by atoms with van der Waals surface area (Å²) in [5, 5.41) is 0.650. The van der Waals surface area contributed by atoms with Gasteiger partial charge in [0.1, 0.15) is 12.6 Å². The van der Waals surface area contributed by atoms with Crippen molar-refractivity contribution in [3.05, 3.63) is 34.9 Å². The summed E-state index contributed by atoms with van der Waals surface area (Å²) in [5.41, 5.74) is 0.882. The van der Waals surface area contributed by atoms with Crippen molar-refractivity contribution in [1.82, 2.24) is 9.80 Å². The first-order chi connectivity index (χ1) is 12.1. The minimum atomic E-state index is -0.478. The smallest absolute Gasteiger partial charge is 0.250 e. The van der Waals surface area contributed by atoms with Gasteiger partial charge in [-0.3, -0.25) is 9.59 Å². The zero-order valence-corrected chi connectivity index (χ0v) is 15.3. The van der Waals surface area contributed by atoms with Gasteiger partial charge in [-0.25, -0.2) is 0 Å². The number of hydrogen-bond donors (Lipinski definition) is 0. The molecule has 2 saturated carbocycles. The van der Waals surface area contributed by atoms with E-state index in [0.29, 0.717) is 5.02 Å². The summed E-state index contributed by atoms with van der Waals surface area (Å²) in [4.78, 5) is 30.1. The fourth-order valence-electron chi connectivity index (χ4n) is 4.32. The summed E-state index contributed by atoms with van der Waals surface area (Å²) < 4.78 is 0. The Hall–Kier alpha value is -1.55. The van der Waals surface area contributed by atoms with E-state index in [1.165, 1.54) is 12.8 Å². The number of benzene rings is 1. The number of carbonyl (C=O) groups excluding carboxylic acids is 2. The second kappa shape index (κ2) is 6.99. The lowest BCUT2D eigenvalue weighted by Gasteiger charge is -2.43. The van der Waals surface area contributed by atoms with Crippen LogP contribution < -0.4 is 0 Å². The molecule has 0 N–H and O–H groups in total. The maximum atomic E-state index is 13.4. The second-order valence-corrected chi connectivity index (χ2v) is 8.03. The number of rotatable bonds is 3. The average molecular weight is 361 g/mol. The van der Waals surface area contributed by atoms with Gasteiger partial charge in [-0.2, -0.15) is 0 Å². The number of carbonyl (C=O) groups is 2. The number of piperazine rings is 1. The zero-order valence-electron chi connectivity index (χ0n) is 14.5. The molecular weight excluding hydrogens is 336 g/mol. The van der Waals surface area contributed by atoms with Crippen LogP contribution in [0.3, 0.4) is 0 Å². The standard InChI is InChI=1S/C20H25ClN2O2/c21-15-9-7-14(8-10-15)19-20(25)22(16-5-3-1-2-4-6-16)13-18(24)23(19)17-11-12-17/h7-10,16-17,19H,1-6,11-13H2. The Morgan fingerprint density at radius 3 is 2.08 bits per heavy atom. The molecular formula is C20H25ClN2O2. The maximum Gasteiger partial charge on any atom is 0.250 e. The van der Waals surface area contributed by atoms with Crippen LogP contribution in [0.1, 0.15) is 63.0 Å². The first kappa shape index (κ1) is 16.9. The lowest BCUT2D eigenvalue weighted by Crippen LogP contribution is -2.58. The van der Waals surface area contributed by atoms with E-state index in [0.717, 1.165) is 44.1 Å². The van der Waals surface area contributed by atoms with Crippen LogP contribution >= 0.6 is 11.6 Å². The van der Waals surface area contributed by atoms with E-state index < -0.39 is 6.04 Å². The average Bonchev–Trinajstić information content (AvgIpc) is 3.44. The van der Waals surface area contributed by atoms with Crippen LogP contribution in [0, 0.1) is 0 Å². The van der Waals surface area contributed by atoms with Gasteiger partial charge in [-0.05, 0) is 43.4 Å². The van der Waals surface area contributed by atoms with E-state index in [-0.39, 0.29) is 30.4 Å². The molecule has 5 heteroatoms. The Kier molecular flexibility index (Phi) is 4.72. The number of hydrogen-bond acceptors (Lipinski definition) is 2. The Morgan fingerprint density at radius 2 is 1.48 bits per heavy atom. The Balaban J connectivity index is 1.65. The molecule has 1 unspecified atom stereocenters. The minimum Gasteiger partial charge on any atom is -0.328 e. The van der Waals surface area contributed by atoms with Gasteiger partial charge < -0.3 is 9.80 Å². The molecule has 1 saturated heterocycles. The van der Waals surface area contributed by atoms with Crippen molar-refractivity contribution in [1.29, 1.82) is 0 Å². The minimum absolute atomic E-state index is 0.0979. The normalized spacial score (nSPS) is 26.0. The molecule has 1 aromatic rings. The summed E-state index contributed by atoms with van der Waals surface area (Å²) in [5.74, 6) is 0.201.